The molecule has 0 aromatic rings. The molecule has 1 heterocycles. The molecular weight excluding hydrogens is 220 g/mol. The first-order valence-corrected chi connectivity index (χ1v) is 6.04. The predicted octanol–water partition coefficient (Wildman–Crippen LogP) is 0.696. The van der Waals surface area contributed by atoms with Gasteiger partial charge in [-0.05, 0) is 34.1 Å². The highest BCUT2D eigenvalue weighted by Gasteiger charge is 2.42. The maximum Gasteiger partial charge on any atom is 0.310 e. The van der Waals surface area contributed by atoms with Crippen molar-refractivity contribution in [2.45, 2.75) is 46.2 Å². The van der Waals surface area contributed by atoms with E-state index in [1.165, 1.54) is 0 Å². The van der Waals surface area contributed by atoms with Gasteiger partial charge < -0.3 is 10.4 Å². The Bertz CT molecular complexity index is 317. The van der Waals surface area contributed by atoms with Gasteiger partial charge in [0.2, 0.25) is 5.91 Å². The number of carbonyl (C=O) groups is 2. The third-order valence-electron chi connectivity index (χ3n) is 3.38. The Morgan fingerprint density at radius 2 is 1.94 bits per heavy atom. The highest BCUT2D eigenvalue weighted by atomic mass is 16.4. The van der Waals surface area contributed by atoms with Crippen LogP contribution in [0.1, 0.15) is 34.1 Å². The monoisotopic (exact) mass is 242 g/mol. The highest BCUT2D eigenvalue weighted by molar-refractivity contribution is 5.82. The van der Waals surface area contributed by atoms with Gasteiger partial charge >= 0.3 is 5.97 Å². The lowest BCUT2D eigenvalue weighted by molar-refractivity contribution is -0.147. The van der Waals surface area contributed by atoms with Crippen LogP contribution in [0.3, 0.4) is 0 Å². The molecule has 5 heteroatoms. The molecule has 0 spiro atoms. The van der Waals surface area contributed by atoms with E-state index in [4.69, 9.17) is 5.11 Å². The minimum Gasteiger partial charge on any atom is -0.481 e. The number of carboxylic acid groups (broad SMARTS) is 1. The molecule has 0 bridgehead atoms. The molecule has 1 amide bonds. The SMILES string of the molecule is CC(C)NC(=O)C(C)N1CCC(C)(C(=O)O)C1. The molecule has 2 N–H and O–H groups in total. The average molecular weight is 242 g/mol. The van der Waals surface area contributed by atoms with E-state index in [2.05, 4.69) is 5.32 Å². The molecule has 1 saturated heterocycles. The Morgan fingerprint density at radius 1 is 1.35 bits per heavy atom. The zero-order valence-corrected chi connectivity index (χ0v) is 11.0. The van der Waals surface area contributed by atoms with Crippen molar-refractivity contribution < 1.29 is 14.7 Å². The molecule has 17 heavy (non-hydrogen) atoms. The molecule has 1 aliphatic heterocycles. The topological polar surface area (TPSA) is 69.6 Å². The summed E-state index contributed by atoms with van der Waals surface area (Å²) >= 11 is 0. The highest BCUT2D eigenvalue weighted by Crippen LogP contribution is 2.31. The van der Waals surface area contributed by atoms with E-state index in [9.17, 15) is 9.59 Å². The third kappa shape index (κ3) is 3.19. The summed E-state index contributed by atoms with van der Waals surface area (Å²) in [6.07, 6.45) is 0.599. The molecule has 0 aliphatic carbocycles. The smallest absolute Gasteiger partial charge is 0.310 e. The summed E-state index contributed by atoms with van der Waals surface area (Å²) in [6.45, 7) is 8.49. The lowest BCUT2D eigenvalue weighted by atomic mass is 9.90. The maximum atomic E-state index is 11.8. The summed E-state index contributed by atoms with van der Waals surface area (Å²) in [7, 11) is 0. The number of likely N-dealkylation sites (tertiary alicyclic amines) is 1. The molecule has 1 aliphatic rings. The van der Waals surface area contributed by atoms with Crippen LogP contribution in [0, 0.1) is 5.41 Å². The van der Waals surface area contributed by atoms with E-state index >= 15 is 0 Å². The summed E-state index contributed by atoms with van der Waals surface area (Å²) in [4.78, 5) is 24.9. The first kappa shape index (κ1) is 14.0. The van der Waals surface area contributed by atoms with Gasteiger partial charge in [-0.15, -0.1) is 0 Å². The number of carboxylic acids is 1. The normalized spacial score (nSPS) is 27.1. The van der Waals surface area contributed by atoms with Crippen molar-refractivity contribution in [2.24, 2.45) is 5.41 Å². The van der Waals surface area contributed by atoms with E-state index in [1.54, 1.807) is 6.92 Å². The number of rotatable bonds is 4. The van der Waals surface area contributed by atoms with Crippen LogP contribution in [0.25, 0.3) is 0 Å². The van der Waals surface area contributed by atoms with Crippen LogP contribution in [0.5, 0.6) is 0 Å². The van der Waals surface area contributed by atoms with Crippen LogP contribution in [0.2, 0.25) is 0 Å². The maximum absolute atomic E-state index is 11.8. The van der Waals surface area contributed by atoms with Crippen LogP contribution in [0.4, 0.5) is 0 Å². The standard InChI is InChI=1S/C12H22N2O3/c1-8(2)13-10(15)9(3)14-6-5-12(4,7-14)11(16)17/h8-9H,5-7H2,1-4H3,(H,13,15)(H,16,17). The fourth-order valence-electron chi connectivity index (χ4n) is 2.07. The molecule has 0 radical (unpaired) electrons. The van der Waals surface area contributed by atoms with E-state index in [0.29, 0.717) is 19.5 Å². The second-order valence-corrected chi connectivity index (χ2v) is 5.43. The zero-order valence-electron chi connectivity index (χ0n) is 11.0. The third-order valence-corrected chi connectivity index (χ3v) is 3.38. The Hall–Kier alpha value is -1.10. The predicted molar refractivity (Wildman–Crippen MR) is 64.7 cm³/mol. The Morgan fingerprint density at radius 3 is 2.35 bits per heavy atom. The Kier molecular flexibility index (Phi) is 4.14. The van der Waals surface area contributed by atoms with Crippen molar-refractivity contribution in [1.82, 2.24) is 10.2 Å². The minimum atomic E-state index is -0.781. The molecule has 1 fully saturated rings. The van der Waals surface area contributed by atoms with E-state index < -0.39 is 11.4 Å². The summed E-state index contributed by atoms with van der Waals surface area (Å²) in [5.41, 5.74) is -0.716. The average Bonchev–Trinajstić information content (AvgIpc) is 2.60. The second kappa shape index (κ2) is 5.04. The number of nitrogens with zero attached hydrogens (tertiary/aromatic N) is 1. The molecule has 98 valence electrons. The molecule has 1 rings (SSSR count). The van der Waals surface area contributed by atoms with Crippen LogP contribution in [-0.2, 0) is 9.59 Å². The number of hydrogen-bond acceptors (Lipinski definition) is 3. The summed E-state index contributed by atoms with van der Waals surface area (Å²) in [6, 6.07) is -0.156. The molecule has 0 aromatic carbocycles. The van der Waals surface area contributed by atoms with E-state index in [1.807, 2.05) is 25.7 Å². The van der Waals surface area contributed by atoms with Gasteiger partial charge in [0.25, 0.3) is 0 Å². The molecule has 2 unspecified atom stereocenters. The molecule has 0 saturated carbocycles. The first-order valence-electron chi connectivity index (χ1n) is 6.04. The summed E-state index contributed by atoms with van der Waals surface area (Å²) < 4.78 is 0. The van der Waals surface area contributed by atoms with Gasteiger partial charge in [0.05, 0.1) is 11.5 Å². The number of aliphatic carboxylic acids is 1. The Labute approximate surface area is 102 Å². The number of amides is 1. The molecule has 2 atom stereocenters. The van der Waals surface area contributed by atoms with Crippen molar-refractivity contribution in [3.05, 3.63) is 0 Å². The fraction of sp³-hybridized carbons (Fsp3) is 0.833. The van der Waals surface area contributed by atoms with Crippen molar-refractivity contribution in [3.8, 4) is 0 Å². The van der Waals surface area contributed by atoms with Crippen LogP contribution in [-0.4, -0.2) is 47.1 Å². The number of nitrogens with one attached hydrogen (secondary N) is 1. The van der Waals surface area contributed by atoms with Gasteiger partial charge in [0, 0.05) is 19.1 Å². The number of carbonyl (C=O) groups excluding carboxylic acids is 1. The molecule has 0 aromatic heterocycles. The van der Waals surface area contributed by atoms with Crippen molar-refractivity contribution in [3.63, 3.8) is 0 Å². The molecule has 5 nitrogen and oxygen atoms in total. The Balaban J connectivity index is 2.59. The largest absolute Gasteiger partial charge is 0.481 e. The van der Waals surface area contributed by atoms with Gasteiger partial charge in [-0.3, -0.25) is 14.5 Å². The summed E-state index contributed by atoms with van der Waals surface area (Å²) in [5.74, 6) is -0.814. The van der Waals surface area contributed by atoms with Crippen molar-refractivity contribution in [1.29, 1.82) is 0 Å². The van der Waals surface area contributed by atoms with Gasteiger partial charge in [-0.1, -0.05) is 0 Å². The second-order valence-electron chi connectivity index (χ2n) is 5.43. The molecular formula is C12H22N2O3. The van der Waals surface area contributed by atoms with Gasteiger partial charge in [0.15, 0.2) is 0 Å². The lowest BCUT2D eigenvalue weighted by Crippen LogP contribution is -2.47. The van der Waals surface area contributed by atoms with Gasteiger partial charge in [-0.25, -0.2) is 0 Å². The quantitative estimate of drug-likeness (QED) is 0.761. The van der Waals surface area contributed by atoms with Crippen molar-refractivity contribution >= 4 is 11.9 Å². The van der Waals surface area contributed by atoms with Crippen LogP contribution < -0.4 is 5.32 Å². The first-order chi connectivity index (χ1) is 7.76. The van der Waals surface area contributed by atoms with Gasteiger partial charge in [0.1, 0.15) is 0 Å². The van der Waals surface area contributed by atoms with Crippen LogP contribution >= 0.6 is 0 Å². The number of hydrogen-bond donors (Lipinski definition) is 2. The lowest BCUT2D eigenvalue weighted by Gasteiger charge is -2.25. The van der Waals surface area contributed by atoms with Crippen molar-refractivity contribution in [2.75, 3.05) is 13.1 Å². The zero-order chi connectivity index (χ0) is 13.2. The van der Waals surface area contributed by atoms with E-state index in [0.717, 1.165) is 0 Å². The van der Waals surface area contributed by atoms with Crippen LogP contribution in [0.15, 0.2) is 0 Å². The van der Waals surface area contributed by atoms with E-state index in [-0.39, 0.29) is 18.0 Å². The fourth-order valence-corrected chi connectivity index (χ4v) is 2.07. The summed E-state index contributed by atoms with van der Waals surface area (Å²) in [5, 5.41) is 12.0. The minimum absolute atomic E-state index is 0.0327. The van der Waals surface area contributed by atoms with Gasteiger partial charge in [-0.2, -0.15) is 0 Å².